The summed E-state index contributed by atoms with van der Waals surface area (Å²) in [6.07, 6.45) is 7.92. The second kappa shape index (κ2) is 10.1. The van der Waals surface area contributed by atoms with E-state index < -0.39 is 0 Å². The van der Waals surface area contributed by atoms with Crippen molar-refractivity contribution in [2.45, 2.75) is 58.0 Å². The third-order valence-corrected chi connectivity index (χ3v) is 3.40. The molecule has 2 nitrogen and oxygen atoms in total. The minimum absolute atomic E-state index is 0.358. The molecule has 0 aliphatic heterocycles. The smallest absolute Gasteiger partial charge is 0.119 e. The van der Waals surface area contributed by atoms with E-state index >= 15 is 0 Å². The van der Waals surface area contributed by atoms with Crippen LogP contribution >= 0.6 is 11.6 Å². The molecule has 1 aromatic carbocycles. The molecule has 1 N–H and O–H groups in total. The molecule has 0 radical (unpaired) electrons. The summed E-state index contributed by atoms with van der Waals surface area (Å²) in [5, 5.41) is 10.5. The fraction of sp³-hybridized carbons (Fsp3) is 0.625. The van der Waals surface area contributed by atoms with Gasteiger partial charge >= 0.3 is 0 Å². The molecule has 1 aromatic rings. The van der Waals surface area contributed by atoms with Gasteiger partial charge < -0.3 is 9.84 Å². The monoisotopic (exact) mass is 284 g/mol. The molecule has 0 spiro atoms. The van der Waals surface area contributed by atoms with Crippen molar-refractivity contribution in [2.24, 2.45) is 0 Å². The quantitative estimate of drug-likeness (QED) is 0.624. The molecule has 19 heavy (non-hydrogen) atoms. The highest BCUT2D eigenvalue weighted by atomic mass is 35.5. The molecule has 0 aliphatic carbocycles. The molecule has 108 valence electrons. The van der Waals surface area contributed by atoms with Gasteiger partial charge in [-0.3, -0.25) is 0 Å². The van der Waals surface area contributed by atoms with Gasteiger partial charge in [0.1, 0.15) is 12.4 Å². The number of aliphatic hydroxyl groups is 1. The second-order valence-corrected chi connectivity index (χ2v) is 5.41. The summed E-state index contributed by atoms with van der Waals surface area (Å²) in [7, 11) is 0. The van der Waals surface area contributed by atoms with Crippen LogP contribution in [0.4, 0.5) is 0 Å². The Balaban J connectivity index is 2.04. The molecule has 0 amide bonds. The Morgan fingerprint density at radius 3 is 2.37 bits per heavy atom. The minimum Gasteiger partial charge on any atom is -0.491 e. The van der Waals surface area contributed by atoms with Crippen molar-refractivity contribution in [3.05, 3.63) is 29.3 Å². The molecule has 3 heteroatoms. The number of halogens is 1. The lowest BCUT2D eigenvalue weighted by Gasteiger charge is -2.12. The SMILES string of the molecule is CCCCCCCCC(O)COc1ccc(Cl)cc1. The average molecular weight is 285 g/mol. The number of hydrogen-bond donors (Lipinski definition) is 1. The van der Waals surface area contributed by atoms with Gasteiger partial charge in [-0.25, -0.2) is 0 Å². The Morgan fingerprint density at radius 1 is 1.05 bits per heavy atom. The number of benzene rings is 1. The van der Waals surface area contributed by atoms with Crippen LogP contribution in [0.15, 0.2) is 24.3 Å². The lowest BCUT2D eigenvalue weighted by Crippen LogP contribution is -2.17. The molecular formula is C16H25ClO2. The van der Waals surface area contributed by atoms with Crippen LogP contribution < -0.4 is 4.74 Å². The molecule has 1 unspecified atom stereocenters. The van der Waals surface area contributed by atoms with Crippen LogP contribution in [-0.2, 0) is 0 Å². The summed E-state index contributed by atoms with van der Waals surface area (Å²) >= 11 is 5.79. The van der Waals surface area contributed by atoms with Crippen molar-refractivity contribution in [1.29, 1.82) is 0 Å². The lowest BCUT2D eigenvalue weighted by molar-refractivity contribution is 0.0975. The Kier molecular flexibility index (Phi) is 8.68. The Labute approximate surface area is 121 Å². The van der Waals surface area contributed by atoms with Gasteiger partial charge in [-0.15, -0.1) is 0 Å². The van der Waals surface area contributed by atoms with Crippen molar-refractivity contribution in [1.82, 2.24) is 0 Å². The molecule has 1 rings (SSSR count). The summed E-state index contributed by atoms with van der Waals surface area (Å²) in [6.45, 7) is 2.58. The van der Waals surface area contributed by atoms with Crippen molar-refractivity contribution in [2.75, 3.05) is 6.61 Å². The van der Waals surface area contributed by atoms with Crippen LogP contribution in [0.3, 0.4) is 0 Å². The van der Waals surface area contributed by atoms with E-state index in [-0.39, 0.29) is 6.10 Å². The first-order valence-electron chi connectivity index (χ1n) is 7.28. The van der Waals surface area contributed by atoms with Crippen LogP contribution in [0.5, 0.6) is 5.75 Å². The van der Waals surface area contributed by atoms with E-state index in [1.807, 2.05) is 12.1 Å². The van der Waals surface area contributed by atoms with Crippen LogP contribution in [-0.4, -0.2) is 17.8 Å². The first-order chi connectivity index (χ1) is 9.22. The normalized spacial score (nSPS) is 12.4. The van der Waals surface area contributed by atoms with Gasteiger partial charge in [0.2, 0.25) is 0 Å². The van der Waals surface area contributed by atoms with Crippen LogP contribution in [0.2, 0.25) is 5.02 Å². The number of rotatable bonds is 10. The summed E-state index contributed by atoms with van der Waals surface area (Å²) < 4.78 is 5.51. The second-order valence-electron chi connectivity index (χ2n) is 4.98. The van der Waals surface area contributed by atoms with E-state index in [0.29, 0.717) is 11.6 Å². The molecule has 1 atom stereocenters. The first kappa shape index (κ1) is 16.3. The molecule has 0 heterocycles. The van der Waals surface area contributed by atoms with E-state index in [2.05, 4.69) is 6.92 Å². The zero-order chi connectivity index (χ0) is 13.9. The van der Waals surface area contributed by atoms with Crippen LogP contribution in [0, 0.1) is 0 Å². The molecule has 0 bridgehead atoms. The Hall–Kier alpha value is -0.730. The van der Waals surface area contributed by atoms with Gasteiger partial charge in [0, 0.05) is 5.02 Å². The highest BCUT2D eigenvalue weighted by Gasteiger charge is 2.05. The van der Waals surface area contributed by atoms with Gasteiger partial charge in [-0.2, -0.15) is 0 Å². The number of aliphatic hydroxyl groups excluding tert-OH is 1. The predicted octanol–water partition coefficient (Wildman–Crippen LogP) is 4.83. The van der Waals surface area contributed by atoms with Crippen LogP contribution in [0.25, 0.3) is 0 Å². The Morgan fingerprint density at radius 2 is 1.68 bits per heavy atom. The van der Waals surface area contributed by atoms with Crippen molar-refractivity contribution < 1.29 is 9.84 Å². The lowest BCUT2D eigenvalue weighted by atomic mass is 10.1. The van der Waals surface area contributed by atoms with E-state index in [9.17, 15) is 5.11 Å². The van der Waals surface area contributed by atoms with E-state index in [1.165, 1.54) is 32.1 Å². The predicted molar refractivity (Wildman–Crippen MR) is 80.9 cm³/mol. The topological polar surface area (TPSA) is 29.5 Å². The van der Waals surface area contributed by atoms with Crippen molar-refractivity contribution in [3.8, 4) is 5.75 Å². The van der Waals surface area contributed by atoms with Gasteiger partial charge in [-0.05, 0) is 30.7 Å². The zero-order valence-electron chi connectivity index (χ0n) is 11.8. The molecule has 0 aliphatic rings. The highest BCUT2D eigenvalue weighted by Crippen LogP contribution is 2.16. The fourth-order valence-electron chi connectivity index (χ4n) is 1.97. The summed E-state index contributed by atoms with van der Waals surface area (Å²) in [5.74, 6) is 0.756. The first-order valence-corrected chi connectivity index (χ1v) is 7.66. The highest BCUT2D eigenvalue weighted by molar-refractivity contribution is 6.30. The fourth-order valence-corrected chi connectivity index (χ4v) is 2.09. The van der Waals surface area contributed by atoms with E-state index in [0.717, 1.165) is 18.6 Å². The summed E-state index contributed by atoms with van der Waals surface area (Å²) in [6, 6.07) is 7.22. The maximum Gasteiger partial charge on any atom is 0.119 e. The Bertz CT molecular complexity index is 324. The molecule has 0 aromatic heterocycles. The third kappa shape index (κ3) is 8.12. The van der Waals surface area contributed by atoms with Gasteiger partial charge in [-0.1, -0.05) is 57.0 Å². The minimum atomic E-state index is -0.373. The standard InChI is InChI=1S/C16H25ClO2/c1-2-3-4-5-6-7-8-15(18)13-19-16-11-9-14(17)10-12-16/h9-12,15,18H,2-8,13H2,1H3. The molecule has 0 fully saturated rings. The number of hydrogen-bond acceptors (Lipinski definition) is 2. The maximum absolute atomic E-state index is 9.82. The largest absolute Gasteiger partial charge is 0.491 e. The van der Waals surface area contributed by atoms with Gasteiger partial charge in [0.05, 0.1) is 6.10 Å². The average Bonchev–Trinajstić information content (AvgIpc) is 2.42. The summed E-state index contributed by atoms with van der Waals surface area (Å²) in [4.78, 5) is 0. The zero-order valence-corrected chi connectivity index (χ0v) is 12.5. The van der Waals surface area contributed by atoms with Crippen molar-refractivity contribution in [3.63, 3.8) is 0 Å². The maximum atomic E-state index is 9.82. The van der Waals surface area contributed by atoms with Crippen LogP contribution in [0.1, 0.15) is 51.9 Å². The molecular weight excluding hydrogens is 260 g/mol. The molecule has 0 saturated carbocycles. The van der Waals surface area contributed by atoms with E-state index in [4.69, 9.17) is 16.3 Å². The number of ether oxygens (including phenoxy) is 1. The summed E-state index contributed by atoms with van der Waals surface area (Å²) in [5.41, 5.74) is 0. The molecule has 0 saturated heterocycles. The van der Waals surface area contributed by atoms with Gasteiger partial charge in [0.15, 0.2) is 0 Å². The van der Waals surface area contributed by atoms with Gasteiger partial charge in [0.25, 0.3) is 0 Å². The third-order valence-electron chi connectivity index (χ3n) is 3.15. The van der Waals surface area contributed by atoms with Crippen molar-refractivity contribution >= 4 is 11.6 Å². The number of unbranched alkanes of at least 4 members (excludes halogenated alkanes) is 5. The van der Waals surface area contributed by atoms with E-state index in [1.54, 1.807) is 12.1 Å².